The van der Waals surface area contributed by atoms with Crippen molar-refractivity contribution < 1.29 is 66.5 Å². The average Bonchev–Trinajstić information content (AvgIpc) is 1.56. The van der Waals surface area contributed by atoms with Crippen molar-refractivity contribution in [1.82, 2.24) is 18.8 Å². The van der Waals surface area contributed by atoms with Gasteiger partial charge >= 0.3 is 29.6 Å². The number of nitrogens with zero attached hydrogens (tertiary/aromatic N) is 4. The number of rotatable bonds is 54. The fourth-order valence-electron chi connectivity index (χ4n) is 14.7. The molecule has 2 atom stereocenters. The third kappa shape index (κ3) is 25.4. The molecule has 4 aromatic carbocycles. The van der Waals surface area contributed by atoms with Gasteiger partial charge in [-0.15, -0.1) is 0 Å². The molecule has 638 valence electrons. The van der Waals surface area contributed by atoms with Crippen molar-refractivity contribution in [3.05, 3.63) is 191 Å². The van der Waals surface area contributed by atoms with Crippen LogP contribution in [0.2, 0.25) is 0 Å². The van der Waals surface area contributed by atoms with Crippen LogP contribution in [-0.4, -0.2) is 109 Å². The lowest BCUT2D eigenvalue weighted by Gasteiger charge is -2.21. The van der Waals surface area contributed by atoms with E-state index in [-0.39, 0.29) is 17.6 Å². The van der Waals surface area contributed by atoms with Gasteiger partial charge in [0, 0.05) is 44.5 Å². The van der Waals surface area contributed by atoms with Crippen molar-refractivity contribution in [2.75, 3.05) is 66.1 Å². The van der Waals surface area contributed by atoms with Gasteiger partial charge in [-0.3, -0.25) is 8.80 Å². The standard InChI is InChI=1S/C101H124N4O15/c1-13-17-35-73(15-3)67-119-90-56-42-78(66-92(90)120-68-74(16-4)36-18-14-2)96-84-50-48-82(103-84)94(76-39-45-80(46-40-76)112-58-28-20-24-32-62-116-98(107)70(7)8)85-51-53-87-95(77-41-55-89(113-59-29-21-25-33-63-117-99(108)71(9)10)91(65-77)114-60-30-22-26-34-64-118-100(109)72(11)12)83-49-47-81(102-83)93(86-52-54-88(96)105(86)101(110)104(85)87)75-37-43-79(44-38-75)111-57-27-19-23-31-61-115-97(106)69(5)6/h37-56,65-66,73-74H,5,7,9,11,13-36,57-64,67-68H2,1-4,6,8,10,12H3. The Labute approximate surface area is 709 Å². The van der Waals surface area contributed by atoms with Gasteiger partial charge < -0.3 is 47.4 Å². The summed E-state index contributed by atoms with van der Waals surface area (Å²) in [5.74, 6) is 2.82. The molecule has 10 rings (SSSR count). The van der Waals surface area contributed by atoms with Crippen molar-refractivity contribution in [3.63, 3.8) is 0 Å². The monoisotopic (exact) mass is 1630 g/mol. The fourth-order valence-corrected chi connectivity index (χ4v) is 14.7. The topological polar surface area (TPSA) is 212 Å². The molecule has 0 amide bonds. The Hall–Kier alpha value is -11.2. The Morgan fingerprint density at radius 2 is 0.600 bits per heavy atom. The fraction of sp³-hybridized carbons (Fsp3) is 0.436. The Morgan fingerprint density at radius 1 is 0.325 bits per heavy atom. The molecule has 6 bridgehead atoms. The van der Waals surface area contributed by atoms with Crippen molar-refractivity contribution >= 4 is 70.2 Å². The molecule has 120 heavy (non-hydrogen) atoms. The van der Waals surface area contributed by atoms with Crippen molar-refractivity contribution in [3.8, 4) is 79.0 Å². The van der Waals surface area contributed by atoms with Crippen LogP contribution in [0.1, 0.15) is 232 Å². The van der Waals surface area contributed by atoms with E-state index >= 15 is 4.79 Å². The molecule has 0 spiro atoms. The highest BCUT2D eigenvalue weighted by molar-refractivity contribution is 6.02. The molecule has 2 aliphatic rings. The molecule has 8 aromatic rings. The molecule has 0 N–H and O–H groups in total. The summed E-state index contributed by atoms with van der Waals surface area (Å²) in [4.78, 5) is 77.5. The van der Waals surface area contributed by atoms with E-state index < -0.39 is 11.9 Å². The molecule has 19 heteroatoms. The van der Waals surface area contributed by atoms with Gasteiger partial charge in [0.15, 0.2) is 23.0 Å². The van der Waals surface area contributed by atoms with Gasteiger partial charge in [0.05, 0.1) is 111 Å². The SMILES string of the molecule is C=C(C)C(=O)OCCCCCCOc1ccc(-c2c3nc(c(-c4ccc(OCC(CC)CCCC)c(OCC(CC)CCCC)c4)c4ccc5c(-c6ccc(OCCCCCCOC(=O)C(=C)C)cc6)c6nc(c(-c7ccc(OCCCCCCOC(=O)C(=C)C)c(OCCCCCCOC(=O)C(=C)C)c7)c7ccc2n7c(=O)n54)C=C6)C=C3)cc1. The van der Waals surface area contributed by atoms with E-state index in [1.165, 1.54) is 0 Å². The molecule has 2 aliphatic heterocycles. The first-order valence-electron chi connectivity index (χ1n) is 43.6. The summed E-state index contributed by atoms with van der Waals surface area (Å²) in [6.07, 6.45) is 29.3. The zero-order chi connectivity index (χ0) is 85.3. The third-order valence-electron chi connectivity index (χ3n) is 21.8. The zero-order valence-electron chi connectivity index (χ0n) is 72.1. The first kappa shape index (κ1) is 91.1. The second kappa shape index (κ2) is 47.0. The number of carbonyl (C=O) groups excluding carboxylic acids is 4. The van der Waals surface area contributed by atoms with E-state index in [0.29, 0.717) is 227 Å². The van der Waals surface area contributed by atoms with Crippen LogP contribution in [0.5, 0.6) is 34.5 Å². The second-order valence-corrected chi connectivity index (χ2v) is 31.6. The van der Waals surface area contributed by atoms with Crippen LogP contribution in [0.15, 0.2) is 163 Å². The molecular weight excluding hydrogens is 1510 g/mol. The zero-order valence-corrected chi connectivity index (χ0v) is 72.1. The average molecular weight is 1630 g/mol. The highest BCUT2D eigenvalue weighted by Gasteiger charge is 2.27. The summed E-state index contributed by atoms with van der Waals surface area (Å²) in [6.45, 7) is 34.3. The lowest BCUT2D eigenvalue weighted by molar-refractivity contribution is -0.139. The first-order valence-corrected chi connectivity index (χ1v) is 43.6. The molecule has 4 aromatic heterocycles. The van der Waals surface area contributed by atoms with E-state index in [4.69, 9.17) is 57.3 Å². The van der Waals surface area contributed by atoms with E-state index in [2.05, 4.69) is 72.2 Å². The van der Waals surface area contributed by atoms with Gasteiger partial charge in [-0.25, -0.2) is 33.9 Å². The Bertz CT molecular complexity index is 5000. The Balaban J connectivity index is 1.18. The third-order valence-corrected chi connectivity index (χ3v) is 21.8. The number of carbonyl (C=O) groups is 4. The summed E-state index contributed by atoms with van der Waals surface area (Å²) >= 11 is 0. The summed E-state index contributed by atoms with van der Waals surface area (Å²) in [5, 5.41) is 0. The van der Waals surface area contributed by atoms with Crippen LogP contribution in [-0.2, 0) is 38.1 Å². The van der Waals surface area contributed by atoms with E-state index in [1.807, 2.05) is 124 Å². The lowest BCUT2D eigenvalue weighted by atomic mass is 10.00. The van der Waals surface area contributed by atoms with Gasteiger partial charge in [-0.2, -0.15) is 0 Å². The molecular formula is C101H124N4O15. The van der Waals surface area contributed by atoms with Crippen LogP contribution in [0, 0.1) is 11.8 Å². The van der Waals surface area contributed by atoms with Gasteiger partial charge in [0.2, 0.25) is 0 Å². The molecule has 2 unspecified atom stereocenters. The molecule has 19 nitrogen and oxygen atoms in total. The highest BCUT2D eigenvalue weighted by atomic mass is 16.6. The van der Waals surface area contributed by atoms with Gasteiger partial charge in [-0.05, 0) is 274 Å². The number of hydrogen-bond donors (Lipinski definition) is 0. The number of fused-ring (bicyclic) bond motifs is 4. The minimum Gasteiger partial charge on any atom is -0.494 e. The summed E-state index contributed by atoms with van der Waals surface area (Å²) in [7, 11) is 0. The quantitative estimate of drug-likeness (QED) is 0.0150. The highest BCUT2D eigenvalue weighted by Crippen LogP contribution is 2.44. The molecule has 6 heterocycles. The molecule has 0 aliphatic carbocycles. The van der Waals surface area contributed by atoms with Crippen molar-refractivity contribution in [2.45, 2.75) is 209 Å². The molecule has 0 saturated carbocycles. The minimum absolute atomic E-state index is 0.299. The smallest absolute Gasteiger partial charge is 0.338 e. The van der Waals surface area contributed by atoms with Crippen LogP contribution in [0.25, 0.3) is 90.9 Å². The van der Waals surface area contributed by atoms with E-state index in [1.54, 1.807) is 27.7 Å². The number of hydrogen-bond acceptors (Lipinski definition) is 17. The minimum atomic E-state index is -0.400. The number of ether oxygens (including phenoxy) is 10. The van der Waals surface area contributed by atoms with Gasteiger partial charge in [-0.1, -0.05) is 129 Å². The van der Waals surface area contributed by atoms with Gasteiger partial charge in [0.25, 0.3) is 0 Å². The summed E-state index contributed by atoms with van der Waals surface area (Å²) < 4.78 is 65.4. The number of aromatic nitrogens is 4. The summed E-state index contributed by atoms with van der Waals surface area (Å²) in [6, 6.07) is 36.2. The number of esters is 4. The van der Waals surface area contributed by atoms with Crippen LogP contribution >= 0.6 is 0 Å². The normalized spacial score (nSPS) is 12.1. The maximum absolute atomic E-state index is 17.7. The number of unbranched alkanes of at least 4 members (excludes halogenated alkanes) is 14. The van der Waals surface area contributed by atoms with Crippen molar-refractivity contribution in [1.29, 1.82) is 0 Å². The van der Waals surface area contributed by atoms with E-state index in [0.717, 1.165) is 152 Å². The van der Waals surface area contributed by atoms with Gasteiger partial charge in [0.1, 0.15) is 11.5 Å². The summed E-state index contributed by atoms with van der Waals surface area (Å²) in [5.41, 5.74) is 11.7. The predicted octanol–water partition coefficient (Wildman–Crippen LogP) is 23.7. The maximum Gasteiger partial charge on any atom is 0.338 e. The maximum atomic E-state index is 17.7. The number of benzene rings is 4. The lowest BCUT2D eigenvalue weighted by Crippen LogP contribution is -2.20. The first-order chi connectivity index (χ1) is 58.3. The van der Waals surface area contributed by atoms with Crippen LogP contribution < -0.4 is 34.1 Å². The molecule has 0 saturated heterocycles. The van der Waals surface area contributed by atoms with Crippen LogP contribution in [0.4, 0.5) is 0 Å². The van der Waals surface area contributed by atoms with Crippen molar-refractivity contribution in [2.24, 2.45) is 11.8 Å². The largest absolute Gasteiger partial charge is 0.494 e. The van der Waals surface area contributed by atoms with E-state index in [9.17, 15) is 19.2 Å². The second-order valence-electron chi connectivity index (χ2n) is 31.6. The Kier molecular flexibility index (Phi) is 35.7. The molecule has 0 radical (unpaired) electrons. The van der Waals surface area contributed by atoms with Crippen LogP contribution in [0.3, 0.4) is 0 Å². The Morgan fingerprint density at radius 3 is 0.917 bits per heavy atom. The molecule has 0 fully saturated rings. The predicted molar refractivity (Wildman–Crippen MR) is 481 cm³/mol.